The fourth-order valence-electron chi connectivity index (χ4n) is 3.49. The molecule has 6 heteroatoms. The van der Waals surface area contributed by atoms with Crippen molar-refractivity contribution in [1.82, 2.24) is 4.98 Å². The van der Waals surface area contributed by atoms with Gasteiger partial charge in [0.15, 0.2) is 0 Å². The van der Waals surface area contributed by atoms with E-state index in [0.29, 0.717) is 13.0 Å². The smallest absolute Gasteiger partial charge is 0.246 e. The number of methoxy groups -OCH3 is 1. The van der Waals surface area contributed by atoms with Crippen LogP contribution in [0.25, 0.3) is 10.9 Å². The number of ether oxygens (including phenoxy) is 2. The lowest BCUT2D eigenvalue weighted by atomic mass is 10.0. The first-order valence-corrected chi connectivity index (χ1v) is 10.3. The number of primary amides is 1. The molecule has 6 nitrogen and oxygen atoms in total. The molecule has 1 amide bonds. The Hall–Kier alpha value is -2.05. The zero-order chi connectivity index (χ0) is 20.2. The van der Waals surface area contributed by atoms with Gasteiger partial charge < -0.3 is 25.3 Å². The van der Waals surface area contributed by atoms with Crippen molar-refractivity contribution in [3.8, 4) is 5.75 Å². The van der Waals surface area contributed by atoms with Gasteiger partial charge >= 0.3 is 0 Å². The van der Waals surface area contributed by atoms with Gasteiger partial charge in [-0.3, -0.25) is 4.79 Å². The molecular formula is C22H34N2O4. The maximum atomic E-state index is 10.3. The van der Waals surface area contributed by atoms with Crippen LogP contribution in [0.3, 0.4) is 0 Å². The normalized spacial score (nSPS) is 18.6. The summed E-state index contributed by atoms with van der Waals surface area (Å²) in [6.07, 6.45) is 13.0. The molecule has 28 heavy (non-hydrogen) atoms. The van der Waals surface area contributed by atoms with E-state index in [0.717, 1.165) is 35.1 Å². The summed E-state index contributed by atoms with van der Waals surface area (Å²) in [5, 5.41) is 10.0. The van der Waals surface area contributed by atoms with E-state index in [2.05, 4.69) is 4.98 Å². The zero-order valence-corrected chi connectivity index (χ0v) is 16.9. The average molecular weight is 391 g/mol. The van der Waals surface area contributed by atoms with Gasteiger partial charge in [-0.05, 0) is 43.0 Å². The number of rotatable bonds is 4. The second-order valence-electron chi connectivity index (χ2n) is 7.23. The molecule has 1 atom stereocenters. The van der Waals surface area contributed by atoms with Crippen molar-refractivity contribution >= 4 is 16.8 Å². The molecule has 1 aromatic carbocycles. The highest BCUT2D eigenvalue weighted by atomic mass is 16.5. The number of H-pyrrole nitrogens is 1. The van der Waals surface area contributed by atoms with Gasteiger partial charge in [0.25, 0.3) is 0 Å². The van der Waals surface area contributed by atoms with Gasteiger partial charge in [0, 0.05) is 30.3 Å². The number of hydrogen-bond donors (Lipinski definition) is 3. The summed E-state index contributed by atoms with van der Waals surface area (Å²) in [6.45, 7) is 0.830. The fourth-order valence-corrected chi connectivity index (χ4v) is 3.49. The van der Waals surface area contributed by atoms with E-state index in [9.17, 15) is 4.79 Å². The standard InChI is InChI=1S/C11H13NO2.C6H12.C5H9NO2/c1-14-11-7-8-2-4-12-10(8)6-9(11)3-5-13;1-2-4-6-5-3-1;6-5(7)4-2-1-3-8-4/h2,4,6-7,12-13H,3,5H2,1H3;1-6H2;4H,1-3H2,(H2,6,7)/t;;4-/m..0/s1. The van der Waals surface area contributed by atoms with E-state index in [1.54, 1.807) is 7.11 Å². The highest BCUT2D eigenvalue weighted by molar-refractivity contribution is 5.82. The van der Waals surface area contributed by atoms with Gasteiger partial charge in [0.1, 0.15) is 11.9 Å². The van der Waals surface area contributed by atoms with E-state index in [1.165, 1.54) is 38.5 Å². The Morgan fingerprint density at radius 3 is 2.36 bits per heavy atom. The van der Waals surface area contributed by atoms with Crippen LogP contribution < -0.4 is 10.5 Å². The van der Waals surface area contributed by atoms with Crippen molar-refractivity contribution in [2.24, 2.45) is 5.73 Å². The molecule has 2 heterocycles. The summed E-state index contributed by atoms with van der Waals surface area (Å²) >= 11 is 0. The molecule has 0 unspecified atom stereocenters. The largest absolute Gasteiger partial charge is 0.496 e. The Labute approximate surface area is 167 Å². The van der Waals surface area contributed by atoms with Crippen LogP contribution in [0.4, 0.5) is 0 Å². The topological polar surface area (TPSA) is 97.6 Å². The van der Waals surface area contributed by atoms with Gasteiger partial charge in [0.2, 0.25) is 5.91 Å². The van der Waals surface area contributed by atoms with Crippen LogP contribution in [0, 0.1) is 0 Å². The first-order chi connectivity index (χ1) is 13.7. The minimum absolute atomic E-state index is 0.141. The molecule has 4 rings (SSSR count). The van der Waals surface area contributed by atoms with Crippen molar-refractivity contribution in [2.45, 2.75) is 63.9 Å². The number of benzene rings is 1. The van der Waals surface area contributed by atoms with Crippen LogP contribution in [0.15, 0.2) is 24.4 Å². The number of amides is 1. The van der Waals surface area contributed by atoms with Crippen LogP contribution in [0.5, 0.6) is 5.75 Å². The second kappa shape index (κ2) is 12.4. The van der Waals surface area contributed by atoms with Gasteiger partial charge in [0.05, 0.1) is 7.11 Å². The third-order valence-corrected chi connectivity index (χ3v) is 5.08. The number of carbonyl (C=O) groups excluding carboxylic acids is 1. The lowest BCUT2D eigenvalue weighted by Crippen LogP contribution is -2.27. The summed E-state index contributed by atoms with van der Waals surface area (Å²) in [7, 11) is 1.65. The Bertz CT molecular complexity index is 692. The van der Waals surface area contributed by atoms with Gasteiger partial charge in [-0.1, -0.05) is 38.5 Å². The summed E-state index contributed by atoms with van der Waals surface area (Å²) in [5.41, 5.74) is 7.04. The Kier molecular flexibility index (Phi) is 9.86. The predicted molar refractivity (Wildman–Crippen MR) is 112 cm³/mol. The number of fused-ring (bicyclic) bond motifs is 1. The van der Waals surface area contributed by atoms with Crippen LogP contribution in [0.2, 0.25) is 0 Å². The van der Waals surface area contributed by atoms with E-state index in [4.69, 9.17) is 20.3 Å². The molecule has 4 N–H and O–H groups in total. The number of nitrogens with two attached hydrogens (primary N) is 1. The quantitative estimate of drug-likeness (QED) is 0.741. The lowest BCUT2D eigenvalue weighted by Gasteiger charge is -2.07. The van der Waals surface area contributed by atoms with E-state index >= 15 is 0 Å². The van der Waals surface area contributed by atoms with Gasteiger partial charge in [-0.25, -0.2) is 0 Å². The van der Waals surface area contributed by atoms with Gasteiger partial charge in [-0.2, -0.15) is 0 Å². The molecule has 2 aliphatic rings. The number of aliphatic hydroxyl groups is 1. The summed E-state index contributed by atoms with van der Waals surface area (Å²) < 4.78 is 10.2. The van der Waals surface area contributed by atoms with Gasteiger partial charge in [-0.15, -0.1) is 0 Å². The number of nitrogens with one attached hydrogen (secondary N) is 1. The molecule has 2 aromatic rings. The molecule has 1 aliphatic carbocycles. The number of aliphatic hydroxyl groups excluding tert-OH is 1. The van der Waals surface area contributed by atoms with Crippen molar-refractivity contribution < 1.29 is 19.4 Å². The Balaban J connectivity index is 0.000000169. The summed E-state index contributed by atoms with van der Waals surface area (Å²) in [5.74, 6) is 0.508. The number of carbonyl (C=O) groups is 1. The average Bonchev–Trinajstić information content (AvgIpc) is 3.42. The molecule has 0 bridgehead atoms. The monoisotopic (exact) mass is 390 g/mol. The fraction of sp³-hybridized carbons (Fsp3) is 0.591. The van der Waals surface area contributed by atoms with Crippen LogP contribution in [0.1, 0.15) is 56.9 Å². The number of hydrogen-bond acceptors (Lipinski definition) is 4. The molecule has 1 aromatic heterocycles. The number of aromatic amines is 1. The molecule has 156 valence electrons. The maximum Gasteiger partial charge on any atom is 0.246 e. The van der Waals surface area contributed by atoms with Crippen molar-refractivity contribution in [1.29, 1.82) is 0 Å². The van der Waals surface area contributed by atoms with Crippen LogP contribution >= 0.6 is 0 Å². The molecule has 0 spiro atoms. The van der Waals surface area contributed by atoms with E-state index in [1.807, 2.05) is 24.4 Å². The molecular weight excluding hydrogens is 356 g/mol. The highest BCUT2D eigenvalue weighted by Crippen LogP contribution is 2.25. The molecule has 0 radical (unpaired) electrons. The predicted octanol–water partition coefficient (Wildman–Crippen LogP) is 3.70. The first kappa shape index (κ1) is 22.2. The lowest BCUT2D eigenvalue weighted by molar-refractivity contribution is -0.126. The van der Waals surface area contributed by atoms with Crippen molar-refractivity contribution in [3.05, 3.63) is 30.0 Å². The second-order valence-corrected chi connectivity index (χ2v) is 7.23. The van der Waals surface area contributed by atoms with Crippen LogP contribution in [-0.2, 0) is 16.0 Å². The zero-order valence-electron chi connectivity index (χ0n) is 16.9. The highest BCUT2D eigenvalue weighted by Gasteiger charge is 2.20. The molecule has 2 fully saturated rings. The Morgan fingerprint density at radius 2 is 1.89 bits per heavy atom. The van der Waals surface area contributed by atoms with E-state index < -0.39 is 0 Å². The third-order valence-electron chi connectivity index (χ3n) is 5.08. The minimum Gasteiger partial charge on any atom is -0.496 e. The van der Waals surface area contributed by atoms with Crippen LogP contribution in [-0.4, -0.2) is 42.4 Å². The maximum absolute atomic E-state index is 10.3. The van der Waals surface area contributed by atoms with Crippen molar-refractivity contribution in [3.63, 3.8) is 0 Å². The first-order valence-electron chi connectivity index (χ1n) is 10.3. The molecule has 1 aliphatic heterocycles. The third kappa shape index (κ3) is 7.17. The molecule has 1 saturated carbocycles. The Morgan fingerprint density at radius 1 is 1.21 bits per heavy atom. The SMILES string of the molecule is C1CCCCC1.COc1cc2cc[nH]c2cc1CCO.NC(=O)[C@@H]1CCCO1. The summed E-state index contributed by atoms with van der Waals surface area (Å²) in [4.78, 5) is 13.4. The van der Waals surface area contributed by atoms with E-state index in [-0.39, 0.29) is 18.6 Å². The number of aromatic nitrogens is 1. The van der Waals surface area contributed by atoms with Crippen molar-refractivity contribution in [2.75, 3.05) is 20.3 Å². The molecule has 1 saturated heterocycles. The minimum atomic E-state index is -0.331. The summed E-state index contributed by atoms with van der Waals surface area (Å²) in [6, 6.07) is 6.00.